The van der Waals surface area contributed by atoms with Crippen LogP contribution in [0.2, 0.25) is 5.02 Å². The van der Waals surface area contributed by atoms with Crippen molar-refractivity contribution in [3.8, 4) is 5.75 Å². The maximum Gasteiger partial charge on any atom is 0.257 e. The fraction of sp³-hybridized carbons (Fsp3) is 0.500. The molecule has 0 saturated carbocycles. The number of nitrogens with one attached hydrogen (secondary N) is 1. The lowest BCUT2D eigenvalue weighted by Gasteiger charge is -2.14. The van der Waals surface area contributed by atoms with E-state index in [1.807, 2.05) is 6.92 Å². The Bertz CT molecular complexity index is 454. The molecule has 0 aliphatic carbocycles. The number of aliphatic hydroxyl groups excluding tert-OH is 1. The number of hydrogen-bond donors (Lipinski definition) is 2. The summed E-state index contributed by atoms with van der Waals surface area (Å²) in [4.78, 5) is 11.6. The molecule has 2 atom stereocenters. The van der Waals surface area contributed by atoms with Gasteiger partial charge in [-0.05, 0) is 31.4 Å². The molecule has 0 bridgehead atoms. The number of rotatable bonds is 7. The molecule has 2 unspecified atom stereocenters. The second-order valence-electron chi connectivity index (χ2n) is 4.86. The third kappa shape index (κ3) is 6.21. The van der Waals surface area contributed by atoms with Crippen molar-refractivity contribution in [3.05, 3.63) is 29.0 Å². The Balaban J connectivity index is 2.31. The van der Waals surface area contributed by atoms with E-state index in [9.17, 15) is 14.3 Å². The van der Waals surface area contributed by atoms with E-state index < -0.39 is 5.82 Å². The molecule has 6 heteroatoms. The van der Waals surface area contributed by atoms with E-state index in [2.05, 4.69) is 5.32 Å². The van der Waals surface area contributed by atoms with E-state index in [-0.39, 0.29) is 29.6 Å². The summed E-state index contributed by atoms with van der Waals surface area (Å²) in [6.45, 7) is 3.95. The van der Waals surface area contributed by atoms with Gasteiger partial charge in [-0.2, -0.15) is 0 Å². The number of hydrogen-bond acceptors (Lipinski definition) is 3. The second-order valence-corrected chi connectivity index (χ2v) is 5.27. The number of benzene rings is 1. The summed E-state index contributed by atoms with van der Waals surface area (Å²) >= 11 is 5.60. The molecule has 0 aliphatic rings. The third-order valence-electron chi connectivity index (χ3n) is 2.65. The summed E-state index contributed by atoms with van der Waals surface area (Å²) in [7, 11) is 0. The van der Waals surface area contributed by atoms with Gasteiger partial charge in [-0.15, -0.1) is 0 Å². The minimum atomic E-state index is -0.532. The van der Waals surface area contributed by atoms with Gasteiger partial charge in [0.2, 0.25) is 0 Å². The van der Waals surface area contributed by atoms with E-state index in [0.717, 1.165) is 0 Å². The van der Waals surface area contributed by atoms with Gasteiger partial charge in [-0.1, -0.05) is 18.5 Å². The van der Waals surface area contributed by atoms with Gasteiger partial charge in [0.05, 0.1) is 11.1 Å². The molecule has 4 nitrogen and oxygen atoms in total. The van der Waals surface area contributed by atoms with Crippen LogP contribution in [0.15, 0.2) is 18.2 Å². The van der Waals surface area contributed by atoms with Crippen LogP contribution in [-0.4, -0.2) is 30.3 Å². The molecule has 1 aromatic rings. The highest BCUT2D eigenvalue weighted by molar-refractivity contribution is 6.30. The van der Waals surface area contributed by atoms with Crippen molar-refractivity contribution in [2.75, 3.05) is 13.2 Å². The van der Waals surface area contributed by atoms with Gasteiger partial charge in [0, 0.05) is 12.6 Å². The molecule has 1 aromatic carbocycles. The number of carbonyl (C=O) groups excluding carboxylic acids is 1. The fourth-order valence-electron chi connectivity index (χ4n) is 1.72. The maximum absolute atomic E-state index is 12.9. The molecule has 20 heavy (non-hydrogen) atoms. The Morgan fingerprint density at radius 3 is 2.80 bits per heavy atom. The summed E-state index contributed by atoms with van der Waals surface area (Å²) < 4.78 is 18.1. The fourth-order valence-corrected chi connectivity index (χ4v) is 1.89. The molecule has 0 spiro atoms. The lowest BCUT2D eigenvalue weighted by Crippen LogP contribution is -2.33. The van der Waals surface area contributed by atoms with Gasteiger partial charge in [-0.25, -0.2) is 4.39 Å². The first kappa shape index (κ1) is 16.7. The Kier molecular flexibility index (Phi) is 6.75. The first-order chi connectivity index (χ1) is 9.38. The lowest BCUT2D eigenvalue weighted by molar-refractivity contribution is -0.123. The van der Waals surface area contributed by atoms with Crippen molar-refractivity contribution in [1.82, 2.24) is 5.32 Å². The first-order valence-electron chi connectivity index (χ1n) is 6.41. The van der Waals surface area contributed by atoms with E-state index in [4.69, 9.17) is 16.3 Å². The summed E-state index contributed by atoms with van der Waals surface area (Å²) in [5.41, 5.74) is 0. The van der Waals surface area contributed by atoms with Crippen LogP contribution in [0.25, 0.3) is 0 Å². The van der Waals surface area contributed by atoms with Crippen LogP contribution in [0.1, 0.15) is 20.3 Å². The van der Waals surface area contributed by atoms with Crippen molar-refractivity contribution in [1.29, 1.82) is 0 Å². The number of amides is 1. The van der Waals surface area contributed by atoms with Crippen molar-refractivity contribution in [2.45, 2.75) is 26.4 Å². The van der Waals surface area contributed by atoms with Crippen LogP contribution in [0.5, 0.6) is 5.75 Å². The zero-order valence-corrected chi connectivity index (χ0v) is 12.3. The molecule has 0 radical (unpaired) electrons. The quantitative estimate of drug-likeness (QED) is 0.813. The minimum absolute atomic E-state index is 0.0477. The largest absolute Gasteiger partial charge is 0.484 e. The summed E-state index contributed by atoms with van der Waals surface area (Å²) in [5, 5.41) is 11.9. The monoisotopic (exact) mass is 303 g/mol. The predicted molar refractivity (Wildman–Crippen MR) is 75.4 cm³/mol. The molecule has 1 amide bonds. The molecule has 112 valence electrons. The average Bonchev–Trinajstić information content (AvgIpc) is 2.37. The summed E-state index contributed by atoms with van der Waals surface area (Å²) in [6, 6.07) is 3.91. The zero-order valence-electron chi connectivity index (χ0n) is 11.5. The van der Waals surface area contributed by atoms with Crippen LogP contribution < -0.4 is 10.1 Å². The van der Waals surface area contributed by atoms with Gasteiger partial charge >= 0.3 is 0 Å². The number of carbonyl (C=O) groups is 1. The van der Waals surface area contributed by atoms with Crippen molar-refractivity contribution in [3.63, 3.8) is 0 Å². The molecular weight excluding hydrogens is 285 g/mol. The van der Waals surface area contributed by atoms with Crippen molar-refractivity contribution < 1.29 is 19.0 Å². The van der Waals surface area contributed by atoms with Gasteiger partial charge < -0.3 is 15.2 Å². The van der Waals surface area contributed by atoms with Crippen LogP contribution in [-0.2, 0) is 4.79 Å². The molecule has 0 saturated heterocycles. The van der Waals surface area contributed by atoms with Gasteiger partial charge in [0.1, 0.15) is 11.6 Å². The Morgan fingerprint density at radius 2 is 2.20 bits per heavy atom. The topological polar surface area (TPSA) is 58.6 Å². The zero-order chi connectivity index (χ0) is 15.1. The molecule has 0 fully saturated rings. The highest BCUT2D eigenvalue weighted by Gasteiger charge is 2.09. The molecule has 0 heterocycles. The smallest absolute Gasteiger partial charge is 0.257 e. The highest BCUT2D eigenvalue weighted by atomic mass is 35.5. The van der Waals surface area contributed by atoms with Crippen molar-refractivity contribution in [2.24, 2.45) is 5.92 Å². The second kappa shape index (κ2) is 8.07. The standard InChI is InChI=1S/C14H19ClFNO3/c1-9(5-10(2)18)7-17-14(19)8-20-11-3-4-13(16)12(15)6-11/h3-4,6,9-10,18H,5,7-8H2,1-2H3,(H,17,19). The number of ether oxygens (including phenoxy) is 1. The third-order valence-corrected chi connectivity index (χ3v) is 2.94. The van der Waals surface area contributed by atoms with Crippen molar-refractivity contribution >= 4 is 17.5 Å². The van der Waals surface area contributed by atoms with E-state index in [1.54, 1.807) is 6.92 Å². The molecule has 0 aromatic heterocycles. The Hall–Kier alpha value is -1.33. The van der Waals surface area contributed by atoms with E-state index in [1.165, 1.54) is 18.2 Å². The molecule has 0 aliphatic heterocycles. The van der Waals surface area contributed by atoms with Crippen LogP contribution in [0, 0.1) is 11.7 Å². The van der Waals surface area contributed by atoms with Crippen LogP contribution in [0.3, 0.4) is 0 Å². The van der Waals surface area contributed by atoms with Gasteiger partial charge in [-0.3, -0.25) is 4.79 Å². The normalized spacial score (nSPS) is 13.7. The molecule has 1 rings (SSSR count). The summed E-state index contributed by atoms with van der Waals surface area (Å²) in [6.07, 6.45) is 0.230. The predicted octanol–water partition coefficient (Wildman–Crippen LogP) is 2.38. The molecule has 2 N–H and O–H groups in total. The Labute approximate surface area is 122 Å². The Morgan fingerprint density at radius 1 is 1.50 bits per heavy atom. The van der Waals surface area contributed by atoms with Gasteiger partial charge in [0.25, 0.3) is 5.91 Å². The number of aliphatic hydroxyl groups is 1. The lowest BCUT2D eigenvalue weighted by atomic mass is 10.1. The van der Waals surface area contributed by atoms with Gasteiger partial charge in [0.15, 0.2) is 6.61 Å². The van der Waals surface area contributed by atoms with E-state index >= 15 is 0 Å². The number of halogens is 2. The van der Waals surface area contributed by atoms with Crippen LogP contribution in [0.4, 0.5) is 4.39 Å². The maximum atomic E-state index is 12.9. The summed E-state index contributed by atoms with van der Waals surface area (Å²) in [5.74, 6) is -0.291. The average molecular weight is 304 g/mol. The minimum Gasteiger partial charge on any atom is -0.484 e. The van der Waals surface area contributed by atoms with Crippen LogP contribution >= 0.6 is 11.6 Å². The van der Waals surface area contributed by atoms with E-state index in [0.29, 0.717) is 18.7 Å². The molecular formula is C14H19ClFNO3. The highest BCUT2D eigenvalue weighted by Crippen LogP contribution is 2.20. The first-order valence-corrected chi connectivity index (χ1v) is 6.79. The SMILES string of the molecule is CC(O)CC(C)CNC(=O)COc1ccc(F)c(Cl)c1.